The van der Waals surface area contributed by atoms with E-state index in [1.807, 2.05) is 0 Å². The van der Waals surface area contributed by atoms with E-state index in [0.29, 0.717) is 11.5 Å². The summed E-state index contributed by atoms with van der Waals surface area (Å²) in [5, 5.41) is 18.9. The molecule has 0 bridgehead atoms. The van der Waals surface area contributed by atoms with Gasteiger partial charge in [0, 0.05) is 25.9 Å². The number of rotatable bonds is 5. The molecule has 1 fully saturated rings. The highest BCUT2D eigenvalue weighted by Crippen LogP contribution is 2.28. The zero-order valence-electron chi connectivity index (χ0n) is 13.2. The first-order valence-electron chi connectivity index (χ1n) is 7.34. The number of hydrogen-bond donors (Lipinski definition) is 2. The van der Waals surface area contributed by atoms with Crippen LogP contribution in [0.2, 0.25) is 0 Å². The Bertz CT molecular complexity index is 592. The lowest BCUT2D eigenvalue weighted by Gasteiger charge is -2.35. The van der Waals surface area contributed by atoms with Crippen molar-refractivity contribution in [3.8, 4) is 11.5 Å². The maximum absolute atomic E-state index is 12.3. The van der Waals surface area contributed by atoms with E-state index >= 15 is 0 Å². The molecule has 2 rings (SSSR count). The second-order valence-corrected chi connectivity index (χ2v) is 5.58. The van der Waals surface area contributed by atoms with Gasteiger partial charge >= 0.3 is 5.97 Å². The van der Waals surface area contributed by atoms with Crippen LogP contribution < -0.4 is 9.47 Å². The van der Waals surface area contributed by atoms with Crippen LogP contribution >= 0.6 is 0 Å². The number of carboxylic acids is 1. The fourth-order valence-corrected chi connectivity index (χ4v) is 2.62. The van der Waals surface area contributed by atoms with Gasteiger partial charge in [-0.1, -0.05) is 6.07 Å². The highest BCUT2D eigenvalue weighted by Gasteiger charge is 2.40. The molecule has 1 saturated heterocycles. The Morgan fingerprint density at radius 2 is 1.78 bits per heavy atom. The average molecular weight is 323 g/mol. The Labute approximate surface area is 134 Å². The van der Waals surface area contributed by atoms with Crippen molar-refractivity contribution in [2.45, 2.75) is 24.9 Å². The van der Waals surface area contributed by atoms with Gasteiger partial charge in [0.1, 0.15) is 0 Å². The maximum atomic E-state index is 12.3. The quantitative estimate of drug-likeness (QED) is 0.827. The summed E-state index contributed by atoms with van der Waals surface area (Å²) < 4.78 is 10.4. The summed E-state index contributed by atoms with van der Waals surface area (Å²) in [4.78, 5) is 24.9. The molecule has 0 atom stereocenters. The van der Waals surface area contributed by atoms with Crippen LogP contribution in [0, 0.1) is 0 Å². The van der Waals surface area contributed by atoms with Gasteiger partial charge in [0.2, 0.25) is 5.91 Å². The van der Waals surface area contributed by atoms with Crippen LogP contribution in [0.15, 0.2) is 18.2 Å². The molecule has 0 spiro atoms. The number of nitrogens with zero attached hydrogens (tertiary/aromatic N) is 1. The Balaban J connectivity index is 1.99. The van der Waals surface area contributed by atoms with E-state index in [4.69, 9.17) is 14.6 Å². The summed E-state index contributed by atoms with van der Waals surface area (Å²) in [5.41, 5.74) is -0.938. The molecule has 1 aliphatic rings. The van der Waals surface area contributed by atoms with Crippen molar-refractivity contribution in [3.63, 3.8) is 0 Å². The van der Waals surface area contributed by atoms with E-state index in [-0.39, 0.29) is 38.3 Å². The molecule has 1 aliphatic heterocycles. The molecular weight excluding hydrogens is 302 g/mol. The zero-order chi connectivity index (χ0) is 17.0. The van der Waals surface area contributed by atoms with E-state index in [1.165, 1.54) is 7.11 Å². The molecule has 7 nitrogen and oxygen atoms in total. The fraction of sp³-hybridized carbons (Fsp3) is 0.500. The normalized spacial score (nSPS) is 16.7. The highest BCUT2D eigenvalue weighted by molar-refractivity contribution is 5.81. The molecule has 0 radical (unpaired) electrons. The van der Waals surface area contributed by atoms with Crippen molar-refractivity contribution in [3.05, 3.63) is 23.8 Å². The number of hydrogen-bond acceptors (Lipinski definition) is 5. The second-order valence-electron chi connectivity index (χ2n) is 5.58. The molecule has 0 unspecified atom stereocenters. The van der Waals surface area contributed by atoms with Gasteiger partial charge in [-0.25, -0.2) is 4.79 Å². The van der Waals surface area contributed by atoms with Crippen LogP contribution in [0.3, 0.4) is 0 Å². The van der Waals surface area contributed by atoms with Crippen LogP contribution in [-0.4, -0.2) is 59.9 Å². The molecule has 2 N–H and O–H groups in total. The molecule has 0 saturated carbocycles. The number of carbonyl (C=O) groups is 2. The van der Waals surface area contributed by atoms with Gasteiger partial charge in [-0.05, 0) is 17.7 Å². The number of piperidine rings is 1. The number of carbonyl (C=O) groups excluding carboxylic acids is 1. The molecule has 126 valence electrons. The Hall–Kier alpha value is -2.28. The van der Waals surface area contributed by atoms with E-state index in [2.05, 4.69) is 0 Å². The molecule has 1 heterocycles. The van der Waals surface area contributed by atoms with Crippen LogP contribution in [0.25, 0.3) is 0 Å². The Morgan fingerprint density at radius 1 is 1.17 bits per heavy atom. The van der Waals surface area contributed by atoms with Crippen LogP contribution in [0.1, 0.15) is 18.4 Å². The summed E-state index contributed by atoms with van der Waals surface area (Å²) in [6.07, 6.45) is 0.270. The van der Waals surface area contributed by atoms with Crippen molar-refractivity contribution in [1.29, 1.82) is 0 Å². The van der Waals surface area contributed by atoms with Gasteiger partial charge in [-0.15, -0.1) is 0 Å². The third-order valence-corrected chi connectivity index (χ3v) is 4.14. The number of benzene rings is 1. The highest BCUT2D eigenvalue weighted by atomic mass is 16.5. The van der Waals surface area contributed by atoms with E-state index in [1.54, 1.807) is 30.2 Å². The zero-order valence-corrected chi connectivity index (χ0v) is 13.2. The third kappa shape index (κ3) is 3.73. The molecule has 23 heavy (non-hydrogen) atoms. The summed E-state index contributed by atoms with van der Waals surface area (Å²) in [6, 6.07) is 5.27. The second kappa shape index (κ2) is 6.87. The van der Waals surface area contributed by atoms with Crippen molar-refractivity contribution < 1.29 is 29.3 Å². The van der Waals surface area contributed by atoms with Crippen molar-refractivity contribution in [1.82, 2.24) is 4.90 Å². The van der Waals surface area contributed by atoms with Crippen molar-refractivity contribution >= 4 is 11.9 Å². The summed E-state index contributed by atoms with van der Waals surface area (Å²) in [7, 11) is 3.07. The first kappa shape index (κ1) is 17.1. The topological polar surface area (TPSA) is 96.3 Å². The SMILES string of the molecule is COc1ccc(CC(=O)N2CCC(O)(C(=O)O)CC2)cc1OC. The summed E-state index contributed by atoms with van der Waals surface area (Å²) in [6.45, 7) is 0.462. The van der Waals surface area contributed by atoms with E-state index in [9.17, 15) is 14.7 Å². The van der Waals surface area contributed by atoms with Gasteiger partial charge < -0.3 is 24.6 Å². The van der Waals surface area contributed by atoms with Crippen LogP contribution in [0.5, 0.6) is 11.5 Å². The molecular formula is C16H21NO6. The maximum Gasteiger partial charge on any atom is 0.335 e. The predicted octanol–water partition coefficient (Wildman–Crippen LogP) is 0.684. The molecule has 1 aromatic carbocycles. The number of likely N-dealkylation sites (tertiary alicyclic amines) is 1. The summed E-state index contributed by atoms with van der Waals surface area (Å²) >= 11 is 0. The monoisotopic (exact) mass is 323 g/mol. The number of ether oxygens (including phenoxy) is 2. The smallest absolute Gasteiger partial charge is 0.335 e. The standard InChI is InChI=1S/C16H21NO6/c1-22-12-4-3-11(9-13(12)23-2)10-14(18)17-7-5-16(21,6-8-17)15(19)20/h3-4,9,21H,5-8,10H2,1-2H3,(H,19,20). The predicted molar refractivity (Wildman–Crippen MR) is 81.6 cm³/mol. The number of carboxylic acid groups (broad SMARTS) is 1. The molecule has 0 aliphatic carbocycles. The average Bonchev–Trinajstić information content (AvgIpc) is 2.55. The third-order valence-electron chi connectivity index (χ3n) is 4.14. The minimum atomic E-state index is -1.72. The number of amides is 1. The number of aliphatic hydroxyl groups is 1. The first-order chi connectivity index (χ1) is 10.9. The largest absolute Gasteiger partial charge is 0.493 e. The summed E-state index contributed by atoms with van der Waals surface area (Å²) in [5.74, 6) is -0.195. The van der Waals surface area contributed by atoms with Gasteiger partial charge in [0.05, 0.1) is 20.6 Å². The van der Waals surface area contributed by atoms with Gasteiger partial charge in [-0.2, -0.15) is 0 Å². The van der Waals surface area contributed by atoms with Crippen molar-refractivity contribution in [2.24, 2.45) is 0 Å². The van der Waals surface area contributed by atoms with Crippen LogP contribution in [-0.2, 0) is 16.0 Å². The Morgan fingerprint density at radius 3 is 2.30 bits per heavy atom. The van der Waals surface area contributed by atoms with E-state index < -0.39 is 11.6 Å². The molecule has 0 aromatic heterocycles. The van der Waals surface area contributed by atoms with Gasteiger partial charge in [-0.3, -0.25) is 4.79 Å². The van der Waals surface area contributed by atoms with Crippen LogP contribution in [0.4, 0.5) is 0 Å². The van der Waals surface area contributed by atoms with Crippen molar-refractivity contribution in [2.75, 3.05) is 27.3 Å². The minimum Gasteiger partial charge on any atom is -0.493 e. The number of aliphatic carboxylic acids is 1. The van der Waals surface area contributed by atoms with Gasteiger partial charge in [0.25, 0.3) is 0 Å². The lowest BCUT2D eigenvalue weighted by molar-refractivity contribution is -0.165. The number of methoxy groups -OCH3 is 2. The first-order valence-corrected chi connectivity index (χ1v) is 7.34. The lowest BCUT2D eigenvalue weighted by atomic mass is 9.91. The fourth-order valence-electron chi connectivity index (χ4n) is 2.62. The molecule has 1 amide bonds. The molecule has 7 heteroatoms. The van der Waals surface area contributed by atoms with E-state index in [0.717, 1.165) is 5.56 Å². The Kier molecular flexibility index (Phi) is 5.10. The lowest BCUT2D eigenvalue weighted by Crippen LogP contribution is -2.51. The minimum absolute atomic E-state index is 0.0417. The van der Waals surface area contributed by atoms with Gasteiger partial charge in [0.15, 0.2) is 17.1 Å². The molecule has 1 aromatic rings.